The van der Waals surface area contributed by atoms with Gasteiger partial charge in [-0.25, -0.2) is 8.42 Å². The average molecular weight is 314 g/mol. The molecule has 6 heteroatoms. The van der Waals surface area contributed by atoms with Crippen LogP contribution in [0.25, 0.3) is 0 Å². The Morgan fingerprint density at radius 1 is 1.40 bits per heavy atom. The molecule has 112 valence electrons. The predicted molar refractivity (Wildman–Crippen MR) is 86.3 cm³/mol. The monoisotopic (exact) mass is 314 g/mol. The van der Waals surface area contributed by atoms with Crippen molar-refractivity contribution in [2.45, 2.75) is 32.6 Å². The number of thiocarbonyl (C=S) groups is 1. The Morgan fingerprint density at radius 2 is 2.00 bits per heavy atom. The van der Waals surface area contributed by atoms with Crippen LogP contribution < -0.4 is 5.73 Å². The van der Waals surface area contributed by atoms with Crippen LogP contribution in [0.1, 0.15) is 31.9 Å². The summed E-state index contributed by atoms with van der Waals surface area (Å²) in [6.45, 7) is 8.62. The van der Waals surface area contributed by atoms with Crippen LogP contribution in [0, 0.1) is 12.8 Å². The van der Waals surface area contributed by atoms with Gasteiger partial charge in [-0.15, -0.1) is 0 Å². The predicted octanol–water partition coefficient (Wildman–Crippen LogP) is 2.30. The molecule has 0 aliphatic carbocycles. The first-order valence-electron chi connectivity index (χ1n) is 6.60. The van der Waals surface area contributed by atoms with Gasteiger partial charge >= 0.3 is 0 Å². The van der Waals surface area contributed by atoms with Crippen LogP contribution >= 0.6 is 12.2 Å². The molecule has 0 radical (unpaired) electrons. The summed E-state index contributed by atoms with van der Waals surface area (Å²) in [4.78, 5) is 0.568. The molecule has 1 rings (SSSR count). The van der Waals surface area contributed by atoms with Gasteiger partial charge in [0.2, 0.25) is 10.0 Å². The molecule has 0 atom stereocenters. The molecule has 0 heterocycles. The van der Waals surface area contributed by atoms with Gasteiger partial charge < -0.3 is 5.73 Å². The highest BCUT2D eigenvalue weighted by molar-refractivity contribution is 7.89. The fraction of sp³-hybridized carbons (Fsp3) is 0.500. The van der Waals surface area contributed by atoms with Crippen LogP contribution in [-0.4, -0.2) is 30.8 Å². The first kappa shape index (κ1) is 17.1. The minimum Gasteiger partial charge on any atom is -0.389 e. The normalized spacial score (nSPS) is 12.1. The van der Waals surface area contributed by atoms with Crippen molar-refractivity contribution in [3.8, 4) is 0 Å². The summed E-state index contributed by atoms with van der Waals surface area (Å²) in [5.74, 6) is 0.279. The third kappa shape index (κ3) is 3.77. The maximum atomic E-state index is 12.6. The van der Waals surface area contributed by atoms with Crippen molar-refractivity contribution in [3.63, 3.8) is 0 Å². The molecule has 0 fully saturated rings. The summed E-state index contributed by atoms with van der Waals surface area (Å²) >= 11 is 4.94. The van der Waals surface area contributed by atoms with Gasteiger partial charge in [-0.3, -0.25) is 0 Å². The quantitative estimate of drug-likeness (QED) is 0.818. The molecule has 1 aromatic carbocycles. The van der Waals surface area contributed by atoms with Gasteiger partial charge in [0.05, 0.1) is 4.90 Å². The van der Waals surface area contributed by atoms with Gasteiger partial charge in [-0.05, 0) is 30.5 Å². The number of aryl methyl sites for hydroxylation is 1. The van der Waals surface area contributed by atoms with Gasteiger partial charge in [0.15, 0.2) is 0 Å². The van der Waals surface area contributed by atoms with E-state index in [-0.39, 0.29) is 15.8 Å². The van der Waals surface area contributed by atoms with Crippen LogP contribution in [-0.2, 0) is 10.0 Å². The van der Waals surface area contributed by atoms with Crippen molar-refractivity contribution in [1.82, 2.24) is 4.31 Å². The van der Waals surface area contributed by atoms with E-state index in [1.54, 1.807) is 18.2 Å². The van der Waals surface area contributed by atoms with Crippen molar-refractivity contribution in [2.75, 3.05) is 13.1 Å². The minimum absolute atomic E-state index is 0.279. The highest BCUT2D eigenvalue weighted by atomic mass is 32.2. The summed E-state index contributed by atoms with van der Waals surface area (Å²) < 4.78 is 26.7. The molecule has 20 heavy (non-hydrogen) atoms. The van der Waals surface area contributed by atoms with Crippen molar-refractivity contribution in [2.24, 2.45) is 11.7 Å². The SMILES string of the molecule is CCN(CC(C)C)S(=O)(=O)c1ccc(C(N)=S)c(C)c1. The fourth-order valence-electron chi connectivity index (χ4n) is 2.03. The zero-order valence-electron chi connectivity index (χ0n) is 12.4. The van der Waals surface area contributed by atoms with E-state index >= 15 is 0 Å². The molecular weight excluding hydrogens is 292 g/mol. The molecule has 0 aromatic heterocycles. The number of hydrogen-bond donors (Lipinski definition) is 1. The number of benzene rings is 1. The standard InChI is InChI=1S/C14H22N2O2S2/c1-5-16(9-10(2)3)20(17,18)12-6-7-13(14(15)19)11(4)8-12/h6-8,10H,5,9H2,1-4H3,(H2,15,19). The number of nitrogens with two attached hydrogens (primary N) is 1. The van der Waals surface area contributed by atoms with Crippen LogP contribution in [0.3, 0.4) is 0 Å². The van der Waals surface area contributed by atoms with E-state index in [2.05, 4.69) is 0 Å². The van der Waals surface area contributed by atoms with Gasteiger partial charge in [-0.2, -0.15) is 4.31 Å². The fourth-order valence-corrected chi connectivity index (χ4v) is 3.95. The van der Waals surface area contributed by atoms with Crippen LogP contribution in [0.4, 0.5) is 0 Å². The molecule has 0 bridgehead atoms. The Labute approximate surface area is 127 Å². The third-order valence-electron chi connectivity index (χ3n) is 3.02. The number of sulfonamides is 1. The molecule has 0 spiro atoms. The lowest BCUT2D eigenvalue weighted by Crippen LogP contribution is -2.34. The smallest absolute Gasteiger partial charge is 0.243 e. The zero-order valence-corrected chi connectivity index (χ0v) is 14.0. The lowest BCUT2D eigenvalue weighted by Gasteiger charge is -2.22. The summed E-state index contributed by atoms with van der Waals surface area (Å²) in [6.07, 6.45) is 0. The van der Waals surface area contributed by atoms with E-state index in [0.717, 1.165) is 5.56 Å². The summed E-state index contributed by atoms with van der Waals surface area (Å²) in [5.41, 5.74) is 7.09. The van der Waals surface area contributed by atoms with Crippen LogP contribution in [0.5, 0.6) is 0 Å². The number of nitrogens with zero attached hydrogens (tertiary/aromatic N) is 1. The van der Waals surface area contributed by atoms with Crippen LogP contribution in [0.15, 0.2) is 23.1 Å². The second-order valence-electron chi connectivity index (χ2n) is 5.19. The highest BCUT2D eigenvalue weighted by Gasteiger charge is 2.24. The van der Waals surface area contributed by atoms with Gasteiger partial charge in [0.25, 0.3) is 0 Å². The highest BCUT2D eigenvalue weighted by Crippen LogP contribution is 2.20. The maximum absolute atomic E-state index is 12.6. The van der Waals surface area contributed by atoms with E-state index < -0.39 is 10.0 Å². The third-order valence-corrected chi connectivity index (χ3v) is 5.18. The largest absolute Gasteiger partial charge is 0.389 e. The molecule has 0 saturated heterocycles. The minimum atomic E-state index is -3.46. The Bertz CT molecular complexity index is 595. The zero-order chi connectivity index (χ0) is 15.5. The molecule has 0 aliphatic rings. The Kier molecular flexibility index (Phi) is 5.68. The molecule has 0 unspecified atom stereocenters. The summed E-state index contributed by atoms with van der Waals surface area (Å²) in [5, 5.41) is 0. The molecule has 1 aromatic rings. The van der Waals surface area contributed by atoms with Crippen molar-refractivity contribution in [3.05, 3.63) is 29.3 Å². The second-order valence-corrected chi connectivity index (χ2v) is 7.57. The number of rotatable bonds is 6. The number of hydrogen-bond acceptors (Lipinski definition) is 3. The van der Waals surface area contributed by atoms with E-state index in [1.165, 1.54) is 4.31 Å². The molecule has 4 nitrogen and oxygen atoms in total. The molecule has 0 saturated carbocycles. The lowest BCUT2D eigenvalue weighted by atomic mass is 10.1. The molecule has 0 aliphatic heterocycles. The summed E-state index contributed by atoms with van der Waals surface area (Å²) in [7, 11) is -3.46. The van der Waals surface area contributed by atoms with Gasteiger partial charge in [0.1, 0.15) is 4.99 Å². The molecule has 0 amide bonds. The molecular formula is C14H22N2O2S2. The van der Waals surface area contributed by atoms with Crippen molar-refractivity contribution < 1.29 is 8.42 Å². The first-order valence-corrected chi connectivity index (χ1v) is 8.45. The second kappa shape index (κ2) is 6.65. The lowest BCUT2D eigenvalue weighted by molar-refractivity contribution is 0.381. The Hall–Kier alpha value is -0.980. The van der Waals surface area contributed by atoms with E-state index in [9.17, 15) is 8.42 Å². The van der Waals surface area contributed by atoms with Crippen molar-refractivity contribution >= 4 is 27.2 Å². The van der Waals surface area contributed by atoms with E-state index in [4.69, 9.17) is 18.0 Å². The Balaban J connectivity index is 3.21. The summed E-state index contributed by atoms with van der Waals surface area (Å²) in [6, 6.07) is 4.88. The Morgan fingerprint density at radius 3 is 2.40 bits per heavy atom. The topological polar surface area (TPSA) is 63.4 Å². The van der Waals surface area contributed by atoms with Crippen molar-refractivity contribution in [1.29, 1.82) is 0 Å². The first-order chi connectivity index (χ1) is 9.20. The van der Waals surface area contributed by atoms with Gasteiger partial charge in [0, 0.05) is 18.7 Å². The van der Waals surface area contributed by atoms with Gasteiger partial charge in [-0.1, -0.05) is 39.1 Å². The van der Waals surface area contributed by atoms with E-state index in [0.29, 0.717) is 18.7 Å². The van der Waals surface area contributed by atoms with Crippen LogP contribution in [0.2, 0.25) is 0 Å². The maximum Gasteiger partial charge on any atom is 0.243 e. The molecule has 2 N–H and O–H groups in total. The van der Waals surface area contributed by atoms with E-state index in [1.807, 2.05) is 27.7 Å². The average Bonchev–Trinajstić information content (AvgIpc) is 2.34.